The largest absolute Gasteiger partial charge is 0.324 e. The zero-order chi connectivity index (χ0) is 11.3. The van der Waals surface area contributed by atoms with Crippen molar-refractivity contribution < 1.29 is 0 Å². The molecule has 0 aliphatic rings. The summed E-state index contributed by atoms with van der Waals surface area (Å²) in [5, 5.41) is 0.763. The maximum Gasteiger partial charge on any atom is 0.0406 e. The van der Waals surface area contributed by atoms with E-state index in [2.05, 4.69) is 13.8 Å². The predicted molar refractivity (Wildman–Crippen MR) is 75.2 cm³/mol. The summed E-state index contributed by atoms with van der Waals surface area (Å²) in [6.07, 6.45) is 5.11. The van der Waals surface area contributed by atoms with E-state index < -0.39 is 0 Å². The van der Waals surface area contributed by atoms with E-state index in [0.717, 1.165) is 17.0 Å². The van der Waals surface area contributed by atoms with Crippen LogP contribution in [-0.2, 0) is 0 Å². The molecule has 0 saturated carbocycles. The van der Waals surface area contributed by atoms with Crippen molar-refractivity contribution in [3.05, 3.63) is 40.9 Å². The third kappa shape index (κ3) is 6.16. The SMILES string of the molecule is CC(C)C[C@H](N)C=Cc1ccc(Cl)cc1.Cl. The lowest BCUT2D eigenvalue weighted by Gasteiger charge is -2.08. The molecule has 0 radical (unpaired) electrons. The van der Waals surface area contributed by atoms with E-state index in [-0.39, 0.29) is 18.4 Å². The minimum atomic E-state index is 0. The van der Waals surface area contributed by atoms with Crippen molar-refractivity contribution in [3.63, 3.8) is 0 Å². The zero-order valence-electron chi connectivity index (χ0n) is 9.69. The van der Waals surface area contributed by atoms with Gasteiger partial charge in [0.2, 0.25) is 0 Å². The number of rotatable bonds is 4. The normalized spacial score (nSPS) is 12.8. The van der Waals surface area contributed by atoms with Crippen molar-refractivity contribution in [2.24, 2.45) is 11.7 Å². The third-order valence-electron chi connectivity index (χ3n) is 2.15. The van der Waals surface area contributed by atoms with Gasteiger partial charge in [-0.05, 0) is 30.0 Å². The summed E-state index contributed by atoms with van der Waals surface area (Å²) in [7, 11) is 0. The zero-order valence-corrected chi connectivity index (χ0v) is 11.3. The molecule has 0 bridgehead atoms. The van der Waals surface area contributed by atoms with Crippen molar-refractivity contribution in [1.82, 2.24) is 0 Å². The van der Waals surface area contributed by atoms with Crippen LogP contribution in [0.2, 0.25) is 5.02 Å². The van der Waals surface area contributed by atoms with Gasteiger partial charge in [-0.25, -0.2) is 0 Å². The Labute approximate surface area is 109 Å². The maximum absolute atomic E-state index is 5.94. The van der Waals surface area contributed by atoms with Crippen molar-refractivity contribution >= 4 is 30.1 Å². The summed E-state index contributed by atoms with van der Waals surface area (Å²) in [5.41, 5.74) is 7.08. The van der Waals surface area contributed by atoms with Gasteiger partial charge < -0.3 is 5.73 Å². The second-order valence-corrected chi connectivity index (χ2v) is 4.64. The number of hydrogen-bond acceptors (Lipinski definition) is 1. The van der Waals surface area contributed by atoms with Crippen LogP contribution in [0.5, 0.6) is 0 Å². The molecule has 0 heterocycles. The minimum absolute atomic E-state index is 0. The molecule has 0 aliphatic heterocycles. The Balaban J connectivity index is 0.00000225. The lowest BCUT2D eigenvalue weighted by atomic mass is 10.0. The van der Waals surface area contributed by atoms with Gasteiger partial charge in [0.05, 0.1) is 0 Å². The fraction of sp³-hybridized carbons (Fsp3) is 0.385. The lowest BCUT2D eigenvalue weighted by Crippen LogP contribution is -2.18. The highest BCUT2D eigenvalue weighted by atomic mass is 35.5. The molecule has 1 aromatic rings. The Bertz CT molecular complexity index is 317. The van der Waals surface area contributed by atoms with Crippen LogP contribution in [-0.4, -0.2) is 6.04 Å². The number of halogens is 2. The predicted octanol–water partition coefficient (Wildman–Crippen LogP) is 4.15. The van der Waals surface area contributed by atoms with E-state index in [1.807, 2.05) is 36.4 Å². The van der Waals surface area contributed by atoms with E-state index >= 15 is 0 Å². The summed E-state index contributed by atoms with van der Waals surface area (Å²) in [6, 6.07) is 7.88. The molecule has 0 spiro atoms. The van der Waals surface area contributed by atoms with Crippen molar-refractivity contribution in [3.8, 4) is 0 Å². The quantitative estimate of drug-likeness (QED) is 0.864. The van der Waals surface area contributed by atoms with E-state index in [0.29, 0.717) is 5.92 Å². The van der Waals surface area contributed by atoms with Crippen LogP contribution in [0.1, 0.15) is 25.8 Å². The van der Waals surface area contributed by atoms with Gasteiger partial charge in [0.25, 0.3) is 0 Å². The Hall–Kier alpha value is -0.500. The first-order valence-electron chi connectivity index (χ1n) is 5.27. The first-order chi connectivity index (χ1) is 7.08. The van der Waals surface area contributed by atoms with Crippen LogP contribution >= 0.6 is 24.0 Å². The molecule has 0 amide bonds. The first kappa shape index (κ1) is 15.5. The fourth-order valence-electron chi connectivity index (χ4n) is 1.43. The van der Waals surface area contributed by atoms with E-state index in [1.54, 1.807) is 0 Å². The highest BCUT2D eigenvalue weighted by Crippen LogP contribution is 2.11. The average molecular weight is 260 g/mol. The molecule has 16 heavy (non-hydrogen) atoms. The second-order valence-electron chi connectivity index (χ2n) is 4.20. The number of nitrogens with two attached hydrogens (primary N) is 1. The van der Waals surface area contributed by atoms with Crippen LogP contribution in [0.15, 0.2) is 30.3 Å². The van der Waals surface area contributed by atoms with Crippen molar-refractivity contribution in [2.75, 3.05) is 0 Å². The molecule has 0 aliphatic carbocycles. The van der Waals surface area contributed by atoms with Gasteiger partial charge in [0.15, 0.2) is 0 Å². The highest BCUT2D eigenvalue weighted by molar-refractivity contribution is 6.30. The van der Waals surface area contributed by atoms with E-state index in [9.17, 15) is 0 Å². The summed E-state index contributed by atoms with van der Waals surface area (Å²) in [5.74, 6) is 0.634. The topological polar surface area (TPSA) is 26.0 Å². The molecule has 0 fully saturated rings. The maximum atomic E-state index is 5.94. The summed E-state index contributed by atoms with van der Waals surface area (Å²) < 4.78 is 0. The van der Waals surface area contributed by atoms with Crippen LogP contribution in [0.3, 0.4) is 0 Å². The van der Waals surface area contributed by atoms with Gasteiger partial charge in [0.1, 0.15) is 0 Å². The van der Waals surface area contributed by atoms with Gasteiger partial charge >= 0.3 is 0 Å². The number of benzene rings is 1. The van der Waals surface area contributed by atoms with Gasteiger partial charge in [-0.2, -0.15) is 0 Å². The molecule has 1 aromatic carbocycles. The van der Waals surface area contributed by atoms with Gasteiger partial charge in [-0.1, -0.05) is 49.7 Å². The fourth-order valence-corrected chi connectivity index (χ4v) is 1.56. The summed E-state index contributed by atoms with van der Waals surface area (Å²) in [6.45, 7) is 4.35. The molecular formula is C13H19Cl2N. The van der Waals surface area contributed by atoms with Gasteiger partial charge in [-0.15, -0.1) is 12.4 Å². The second kappa shape index (κ2) is 7.72. The Kier molecular flexibility index (Phi) is 7.48. The van der Waals surface area contributed by atoms with Crippen LogP contribution in [0, 0.1) is 5.92 Å². The molecule has 2 N–H and O–H groups in total. The third-order valence-corrected chi connectivity index (χ3v) is 2.40. The lowest BCUT2D eigenvalue weighted by molar-refractivity contribution is 0.547. The molecule has 1 rings (SSSR count). The minimum Gasteiger partial charge on any atom is -0.324 e. The molecule has 0 saturated heterocycles. The molecule has 1 atom stereocenters. The molecule has 3 heteroatoms. The van der Waals surface area contributed by atoms with Crippen molar-refractivity contribution in [2.45, 2.75) is 26.3 Å². The van der Waals surface area contributed by atoms with Crippen LogP contribution in [0.25, 0.3) is 6.08 Å². The first-order valence-corrected chi connectivity index (χ1v) is 5.65. The van der Waals surface area contributed by atoms with E-state index in [1.165, 1.54) is 0 Å². The van der Waals surface area contributed by atoms with Crippen LogP contribution in [0.4, 0.5) is 0 Å². The molecule has 0 aromatic heterocycles. The van der Waals surface area contributed by atoms with E-state index in [4.69, 9.17) is 17.3 Å². The molecule has 0 unspecified atom stereocenters. The highest BCUT2D eigenvalue weighted by Gasteiger charge is 2.00. The molecule has 90 valence electrons. The average Bonchev–Trinajstić information content (AvgIpc) is 2.16. The number of hydrogen-bond donors (Lipinski definition) is 1. The Morgan fingerprint density at radius 2 is 1.81 bits per heavy atom. The Morgan fingerprint density at radius 3 is 2.31 bits per heavy atom. The summed E-state index contributed by atoms with van der Waals surface area (Å²) >= 11 is 5.79. The van der Waals surface area contributed by atoms with Gasteiger partial charge in [0, 0.05) is 11.1 Å². The molecule has 1 nitrogen and oxygen atoms in total. The van der Waals surface area contributed by atoms with Crippen molar-refractivity contribution in [1.29, 1.82) is 0 Å². The monoisotopic (exact) mass is 259 g/mol. The van der Waals surface area contributed by atoms with Gasteiger partial charge in [-0.3, -0.25) is 0 Å². The smallest absolute Gasteiger partial charge is 0.0406 e. The summed E-state index contributed by atoms with van der Waals surface area (Å²) in [4.78, 5) is 0. The standard InChI is InChI=1S/C13H18ClN.ClH/c1-10(2)9-13(15)8-5-11-3-6-12(14)7-4-11;/h3-8,10,13H,9,15H2,1-2H3;1H/t13-;/m1./s1. The van der Waals surface area contributed by atoms with Crippen LogP contribution < -0.4 is 5.73 Å². The molecular weight excluding hydrogens is 241 g/mol. The Morgan fingerprint density at radius 1 is 1.25 bits per heavy atom.